The summed E-state index contributed by atoms with van der Waals surface area (Å²) >= 11 is 0. The van der Waals surface area contributed by atoms with Gasteiger partial charge >= 0.3 is 0 Å². The molecule has 16 heavy (non-hydrogen) atoms. The molecule has 1 amide bonds. The molecule has 0 aliphatic heterocycles. The van der Waals surface area contributed by atoms with Crippen molar-refractivity contribution in [3.8, 4) is 0 Å². The predicted molar refractivity (Wildman–Crippen MR) is 63.3 cm³/mol. The van der Waals surface area contributed by atoms with Gasteiger partial charge in [0.15, 0.2) is 0 Å². The van der Waals surface area contributed by atoms with Gasteiger partial charge in [0.05, 0.1) is 6.10 Å². The van der Waals surface area contributed by atoms with Gasteiger partial charge in [0.25, 0.3) is 0 Å². The molecule has 0 aromatic carbocycles. The van der Waals surface area contributed by atoms with Gasteiger partial charge in [0.2, 0.25) is 5.91 Å². The molecule has 94 valence electrons. The van der Waals surface area contributed by atoms with Crippen LogP contribution in [-0.4, -0.2) is 17.1 Å². The third kappa shape index (κ3) is 3.76. The van der Waals surface area contributed by atoms with Crippen molar-refractivity contribution in [2.75, 3.05) is 0 Å². The fourth-order valence-corrected chi connectivity index (χ4v) is 2.74. The Balaban J connectivity index is 2.39. The van der Waals surface area contributed by atoms with Crippen molar-refractivity contribution >= 4 is 5.91 Å². The van der Waals surface area contributed by atoms with Gasteiger partial charge < -0.3 is 5.11 Å². The first kappa shape index (κ1) is 13.5. The zero-order valence-electron chi connectivity index (χ0n) is 10.1. The SMILES string of the molecule is CCCCC[C@@H]1[C@@H](CC(=O)NN)CC[C@@H]1O. The molecule has 0 spiro atoms. The number of hydrogen-bond acceptors (Lipinski definition) is 3. The lowest BCUT2D eigenvalue weighted by molar-refractivity contribution is -0.122. The van der Waals surface area contributed by atoms with E-state index in [1.165, 1.54) is 12.8 Å². The van der Waals surface area contributed by atoms with E-state index in [1.54, 1.807) is 0 Å². The van der Waals surface area contributed by atoms with Crippen LogP contribution in [0.5, 0.6) is 0 Å². The van der Waals surface area contributed by atoms with Crippen LogP contribution in [0.1, 0.15) is 51.9 Å². The second-order valence-electron chi connectivity index (χ2n) is 4.84. The molecule has 0 saturated heterocycles. The molecule has 0 bridgehead atoms. The topological polar surface area (TPSA) is 75.4 Å². The van der Waals surface area contributed by atoms with Gasteiger partial charge in [-0.2, -0.15) is 0 Å². The minimum atomic E-state index is -0.215. The lowest BCUT2D eigenvalue weighted by Gasteiger charge is -2.21. The van der Waals surface area contributed by atoms with Crippen LogP contribution in [0.3, 0.4) is 0 Å². The van der Waals surface area contributed by atoms with Crippen LogP contribution >= 0.6 is 0 Å². The van der Waals surface area contributed by atoms with Crippen LogP contribution in [0.4, 0.5) is 0 Å². The Kier molecular flexibility index (Phi) is 5.77. The molecule has 0 aromatic heterocycles. The number of carbonyl (C=O) groups is 1. The van der Waals surface area contributed by atoms with Gasteiger partial charge in [0.1, 0.15) is 0 Å². The third-order valence-electron chi connectivity index (χ3n) is 3.68. The lowest BCUT2D eigenvalue weighted by Crippen LogP contribution is -2.33. The van der Waals surface area contributed by atoms with E-state index in [0.717, 1.165) is 25.7 Å². The highest BCUT2D eigenvalue weighted by Gasteiger charge is 2.35. The van der Waals surface area contributed by atoms with Crippen molar-refractivity contribution in [3.05, 3.63) is 0 Å². The van der Waals surface area contributed by atoms with E-state index in [-0.39, 0.29) is 12.0 Å². The van der Waals surface area contributed by atoms with Crippen molar-refractivity contribution in [3.63, 3.8) is 0 Å². The van der Waals surface area contributed by atoms with Gasteiger partial charge in [0, 0.05) is 6.42 Å². The summed E-state index contributed by atoms with van der Waals surface area (Å²) in [5.41, 5.74) is 2.17. The van der Waals surface area contributed by atoms with E-state index in [4.69, 9.17) is 5.84 Å². The molecule has 3 atom stereocenters. The van der Waals surface area contributed by atoms with E-state index in [0.29, 0.717) is 18.3 Å². The highest BCUT2D eigenvalue weighted by Crippen LogP contribution is 2.37. The molecule has 1 aliphatic carbocycles. The number of carbonyl (C=O) groups excluding carboxylic acids is 1. The minimum Gasteiger partial charge on any atom is -0.393 e. The molecule has 1 fully saturated rings. The predicted octanol–water partition coefficient (Wildman–Crippen LogP) is 1.33. The van der Waals surface area contributed by atoms with Crippen LogP contribution in [0.25, 0.3) is 0 Å². The molecular formula is C12H24N2O2. The molecule has 4 nitrogen and oxygen atoms in total. The van der Waals surface area contributed by atoms with E-state index < -0.39 is 0 Å². The van der Waals surface area contributed by atoms with E-state index in [9.17, 15) is 9.90 Å². The summed E-state index contributed by atoms with van der Waals surface area (Å²) in [6.07, 6.45) is 6.62. The standard InChI is InChI=1S/C12H24N2O2/c1-2-3-4-5-10-9(6-7-11(10)15)8-12(16)14-13/h9-11,15H,2-8,13H2,1H3,(H,14,16)/t9-,10-,11+/m1/s1. The second-order valence-corrected chi connectivity index (χ2v) is 4.84. The number of nitrogens with one attached hydrogen (secondary N) is 1. The van der Waals surface area contributed by atoms with E-state index >= 15 is 0 Å². The van der Waals surface area contributed by atoms with Crippen molar-refractivity contribution in [2.45, 2.75) is 58.0 Å². The molecule has 1 rings (SSSR count). The number of aliphatic hydroxyl groups excluding tert-OH is 1. The number of hydrazine groups is 1. The molecule has 1 saturated carbocycles. The maximum atomic E-state index is 11.2. The van der Waals surface area contributed by atoms with Crippen LogP contribution < -0.4 is 11.3 Å². The number of hydrogen-bond donors (Lipinski definition) is 3. The summed E-state index contributed by atoms with van der Waals surface area (Å²) in [7, 11) is 0. The lowest BCUT2D eigenvalue weighted by atomic mass is 9.87. The quantitative estimate of drug-likeness (QED) is 0.278. The molecule has 0 radical (unpaired) electrons. The molecular weight excluding hydrogens is 204 g/mol. The largest absolute Gasteiger partial charge is 0.393 e. The van der Waals surface area contributed by atoms with Crippen molar-refractivity contribution in [2.24, 2.45) is 17.7 Å². The van der Waals surface area contributed by atoms with Crippen molar-refractivity contribution in [1.82, 2.24) is 5.43 Å². The number of aliphatic hydroxyl groups is 1. The van der Waals surface area contributed by atoms with Gasteiger partial charge in [-0.25, -0.2) is 5.84 Å². The first-order chi connectivity index (χ1) is 7.69. The van der Waals surface area contributed by atoms with Gasteiger partial charge in [-0.3, -0.25) is 10.2 Å². The zero-order valence-corrected chi connectivity index (χ0v) is 10.1. The molecule has 1 aliphatic rings. The average molecular weight is 228 g/mol. The van der Waals surface area contributed by atoms with Gasteiger partial charge in [-0.05, 0) is 31.1 Å². The molecule has 0 unspecified atom stereocenters. The number of unbranched alkanes of at least 4 members (excludes halogenated alkanes) is 2. The summed E-state index contributed by atoms with van der Waals surface area (Å²) in [6, 6.07) is 0. The van der Waals surface area contributed by atoms with Gasteiger partial charge in [-0.1, -0.05) is 26.2 Å². The average Bonchev–Trinajstić information content (AvgIpc) is 2.61. The highest BCUT2D eigenvalue weighted by molar-refractivity contribution is 5.75. The summed E-state index contributed by atoms with van der Waals surface area (Å²) in [6.45, 7) is 2.17. The second kappa shape index (κ2) is 6.86. The Bertz CT molecular complexity index is 221. The Morgan fingerprint density at radius 1 is 1.44 bits per heavy atom. The van der Waals surface area contributed by atoms with Crippen molar-refractivity contribution in [1.29, 1.82) is 0 Å². The maximum absolute atomic E-state index is 11.2. The summed E-state index contributed by atoms with van der Waals surface area (Å²) in [4.78, 5) is 11.2. The Hall–Kier alpha value is -0.610. The Morgan fingerprint density at radius 3 is 2.81 bits per heavy atom. The Morgan fingerprint density at radius 2 is 2.19 bits per heavy atom. The van der Waals surface area contributed by atoms with Crippen LogP contribution in [0, 0.1) is 11.8 Å². The molecule has 4 heteroatoms. The fourth-order valence-electron chi connectivity index (χ4n) is 2.74. The number of amides is 1. The first-order valence-corrected chi connectivity index (χ1v) is 6.36. The van der Waals surface area contributed by atoms with Gasteiger partial charge in [-0.15, -0.1) is 0 Å². The zero-order chi connectivity index (χ0) is 12.0. The van der Waals surface area contributed by atoms with Crippen LogP contribution in [0.15, 0.2) is 0 Å². The summed E-state index contributed by atoms with van der Waals surface area (Å²) < 4.78 is 0. The monoisotopic (exact) mass is 228 g/mol. The van der Waals surface area contributed by atoms with Crippen LogP contribution in [-0.2, 0) is 4.79 Å². The number of nitrogens with two attached hydrogens (primary N) is 1. The molecule has 0 aromatic rings. The highest BCUT2D eigenvalue weighted by atomic mass is 16.3. The number of rotatable bonds is 6. The normalized spacial score (nSPS) is 29.3. The summed E-state index contributed by atoms with van der Waals surface area (Å²) in [5, 5.41) is 9.88. The van der Waals surface area contributed by atoms with Crippen molar-refractivity contribution < 1.29 is 9.90 Å². The minimum absolute atomic E-state index is 0.111. The molecule has 4 N–H and O–H groups in total. The maximum Gasteiger partial charge on any atom is 0.234 e. The van der Waals surface area contributed by atoms with E-state index in [1.807, 2.05) is 0 Å². The fraction of sp³-hybridized carbons (Fsp3) is 0.917. The van der Waals surface area contributed by atoms with E-state index in [2.05, 4.69) is 12.3 Å². The smallest absolute Gasteiger partial charge is 0.234 e. The van der Waals surface area contributed by atoms with Crippen LogP contribution in [0.2, 0.25) is 0 Å². The Labute approximate surface area is 97.6 Å². The summed E-state index contributed by atoms with van der Waals surface area (Å²) in [5.74, 6) is 5.59. The first-order valence-electron chi connectivity index (χ1n) is 6.36. The molecule has 0 heterocycles. The third-order valence-corrected chi connectivity index (χ3v) is 3.68.